The lowest BCUT2D eigenvalue weighted by Gasteiger charge is -2.19. The predicted molar refractivity (Wildman–Crippen MR) is 105 cm³/mol. The standard InChI is InChI=1S/C20H23N3O.ClH/c1-14(16-8-4-3-5-9-16)12-19(21)23-13-15(2)20(22-23)17-10-6-7-11-18(17)24;/h3-11,14-15,21,24H,12-13H2,1-2H3;1H/t14-,15?;/m1./s1. The molecule has 5 heteroatoms. The maximum atomic E-state index is 10.1. The normalized spacial score (nSPS) is 17.6. The van der Waals surface area contributed by atoms with Gasteiger partial charge in [-0.2, -0.15) is 5.10 Å². The molecule has 0 fully saturated rings. The largest absolute Gasteiger partial charge is 0.507 e. The first kappa shape index (κ1) is 19.0. The summed E-state index contributed by atoms with van der Waals surface area (Å²) in [4.78, 5) is 0. The van der Waals surface area contributed by atoms with Crippen molar-refractivity contribution < 1.29 is 5.11 Å². The van der Waals surface area contributed by atoms with Crippen molar-refractivity contribution in [3.8, 4) is 5.75 Å². The van der Waals surface area contributed by atoms with Gasteiger partial charge in [0, 0.05) is 17.9 Å². The van der Waals surface area contributed by atoms with Gasteiger partial charge in [-0.1, -0.05) is 56.3 Å². The van der Waals surface area contributed by atoms with Gasteiger partial charge in [0.1, 0.15) is 11.6 Å². The Kier molecular flexibility index (Phi) is 6.21. The summed E-state index contributed by atoms with van der Waals surface area (Å²) in [5.41, 5.74) is 2.85. The van der Waals surface area contributed by atoms with E-state index in [2.05, 4.69) is 31.1 Å². The molecule has 0 radical (unpaired) electrons. The van der Waals surface area contributed by atoms with Crippen molar-refractivity contribution in [3.63, 3.8) is 0 Å². The molecule has 3 rings (SSSR count). The van der Waals surface area contributed by atoms with Crippen LogP contribution in [-0.2, 0) is 0 Å². The van der Waals surface area contributed by atoms with Gasteiger partial charge in [-0.25, -0.2) is 0 Å². The number of hydrogen-bond acceptors (Lipinski definition) is 3. The van der Waals surface area contributed by atoms with Crippen molar-refractivity contribution in [2.24, 2.45) is 11.0 Å². The molecule has 1 aliphatic rings. The fraction of sp³-hybridized carbons (Fsp3) is 0.300. The number of amidine groups is 1. The minimum absolute atomic E-state index is 0. The molecule has 1 heterocycles. The summed E-state index contributed by atoms with van der Waals surface area (Å²) in [6, 6.07) is 17.5. The fourth-order valence-electron chi connectivity index (χ4n) is 3.09. The Morgan fingerprint density at radius 1 is 1.20 bits per heavy atom. The second kappa shape index (κ2) is 8.17. The summed E-state index contributed by atoms with van der Waals surface area (Å²) in [6.45, 7) is 4.90. The number of benzene rings is 2. The van der Waals surface area contributed by atoms with Crippen LogP contribution in [0.5, 0.6) is 5.75 Å². The maximum absolute atomic E-state index is 10.1. The lowest BCUT2D eigenvalue weighted by Crippen LogP contribution is -2.26. The molecule has 1 unspecified atom stereocenters. The Morgan fingerprint density at radius 3 is 2.52 bits per heavy atom. The van der Waals surface area contributed by atoms with Gasteiger partial charge in [0.15, 0.2) is 0 Å². The number of phenolic OH excluding ortho intramolecular Hbond substituents is 1. The van der Waals surface area contributed by atoms with E-state index in [4.69, 9.17) is 5.41 Å². The average molecular weight is 358 g/mol. The summed E-state index contributed by atoms with van der Waals surface area (Å²) < 4.78 is 0. The summed E-state index contributed by atoms with van der Waals surface area (Å²) in [5.74, 6) is 1.22. The highest BCUT2D eigenvalue weighted by Crippen LogP contribution is 2.27. The van der Waals surface area contributed by atoms with Crippen molar-refractivity contribution in [2.45, 2.75) is 26.2 Å². The van der Waals surface area contributed by atoms with Crippen LogP contribution >= 0.6 is 12.4 Å². The summed E-state index contributed by atoms with van der Waals surface area (Å²) in [6.07, 6.45) is 0.647. The van der Waals surface area contributed by atoms with Gasteiger partial charge in [0.25, 0.3) is 0 Å². The predicted octanol–water partition coefficient (Wildman–Crippen LogP) is 4.64. The second-order valence-electron chi connectivity index (χ2n) is 6.45. The zero-order chi connectivity index (χ0) is 17.1. The third-order valence-corrected chi connectivity index (χ3v) is 4.50. The number of halogens is 1. The average Bonchev–Trinajstić information content (AvgIpc) is 2.98. The number of aromatic hydroxyl groups is 1. The van der Waals surface area contributed by atoms with Gasteiger partial charge in [-0.15, -0.1) is 12.4 Å². The first-order chi connectivity index (χ1) is 11.6. The highest BCUT2D eigenvalue weighted by Gasteiger charge is 2.28. The molecule has 0 spiro atoms. The molecule has 2 atom stereocenters. The molecule has 0 aliphatic carbocycles. The molecular formula is C20H24ClN3O. The summed E-state index contributed by atoms with van der Waals surface area (Å²) in [7, 11) is 0. The lowest BCUT2D eigenvalue weighted by molar-refractivity contribution is 0.439. The van der Waals surface area contributed by atoms with Crippen molar-refractivity contribution in [2.75, 3.05) is 6.54 Å². The van der Waals surface area contributed by atoms with Crippen LogP contribution < -0.4 is 0 Å². The van der Waals surface area contributed by atoms with Crippen LogP contribution in [0.25, 0.3) is 0 Å². The Bertz CT molecular complexity index is 761. The quantitative estimate of drug-likeness (QED) is 0.618. The topological polar surface area (TPSA) is 59.7 Å². The van der Waals surface area contributed by atoms with E-state index in [1.54, 1.807) is 17.1 Å². The molecule has 25 heavy (non-hydrogen) atoms. The maximum Gasteiger partial charge on any atom is 0.124 e. The van der Waals surface area contributed by atoms with E-state index in [0.717, 1.165) is 11.3 Å². The van der Waals surface area contributed by atoms with Crippen LogP contribution in [0.2, 0.25) is 0 Å². The van der Waals surface area contributed by atoms with E-state index in [9.17, 15) is 5.11 Å². The van der Waals surface area contributed by atoms with Gasteiger partial charge in [-0.3, -0.25) is 10.4 Å². The van der Waals surface area contributed by atoms with Gasteiger partial charge in [0.05, 0.1) is 12.3 Å². The molecule has 2 N–H and O–H groups in total. The van der Waals surface area contributed by atoms with Crippen molar-refractivity contribution >= 4 is 24.0 Å². The molecule has 1 aliphatic heterocycles. The Hall–Kier alpha value is -2.33. The van der Waals surface area contributed by atoms with Gasteiger partial charge in [-0.05, 0) is 23.6 Å². The molecule has 4 nitrogen and oxygen atoms in total. The lowest BCUT2D eigenvalue weighted by atomic mass is 9.97. The van der Waals surface area contributed by atoms with Crippen LogP contribution in [0, 0.1) is 11.3 Å². The Morgan fingerprint density at radius 2 is 1.84 bits per heavy atom. The Balaban J connectivity index is 0.00000225. The molecule has 0 saturated heterocycles. The number of phenols is 1. The Labute approximate surface area is 155 Å². The zero-order valence-corrected chi connectivity index (χ0v) is 15.3. The number of nitrogens with zero attached hydrogens (tertiary/aromatic N) is 2. The van der Waals surface area contributed by atoms with Gasteiger partial charge >= 0.3 is 0 Å². The minimum Gasteiger partial charge on any atom is -0.507 e. The monoisotopic (exact) mass is 357 g/mol. The van der Waals surface area contributed by atoms with Crippen LogP contribution in [0.4, 0.5) is 0 Å². The van der Waals surface area contributed by atoms with E-state index in [0.29, 0.717) is 18.8 Å². The molecule has 0 saturated carbocycles. The fourth-order valence-corrected chi connectivity index (χ4v) is 3.09. The van der Waals surface area contributed by atoms with Gasteiger partial charge in [0.2, 0.25) is 0 Å². The first-order valence-corrected chi connectivity index (χ1v) is 8.33. The van der Waals surface area contributed by atoms with Crippen LogP contribution in [0.15, 0.2) is 59.7 Å². The highest BCUT2D eigenvalue weighted by atomic mass is 35.5. The summed E-state index contributed by atoms with van der Waals surface area (Å²) >= 11 is 0. The number of hydrazone groups is 1. The molecule has 0 bridgehead atoms. The minimum atomic E-state index is 0. The van der Waals surface area contributed by atoms with Crippen LogP contribution in [-0.4, -0.2) is 28.2 Å². The van der Waals surface area contributed by atoms with Crippen molar-refractivity contribution in [1.82, 2.24) is 5.01 Å². The van der Waals surface area contributed by atoms with E-state index < -0.39 is 0 Å². The van der Waals surface area contributed by atoms with Crippen LogP contribution in [0.3, 0.4) is 0 Å². The molecule has 0 amide bonds. The molecular weight excluding hydrogens is 334 g/mol. The first-order valence-electron chi connectivity index (χ1n) is 8.33. The summed E-state index contributed by atoms with van der Waals surface area (Å²) in [5, 5.41) is 24.9. The molecule has 2 aromatic rings. The highest BCUT2D eigenvalue weighted by molar-refractivity contribution is 6.06. The SMILES string of the molecule is CC1CN(C(=N)C[C@@H](C)c2ccccc2)N=C1c1ccccc1O.Cl. The second-order valence-corrected chi connectivity index (χ2v) is 6.45. The third kappa shape index (κ3) is 4.20. The van der Waals surface area contributed by atoms with E-state index in [1.165, 1.54) is 5.56 Å². The van der Waals surface area contributed by atoms with E-state index >= 15 is 0 Å². The van der Waals surface area contributed by atoms with Gasteiger partial charge < -0.3 is 5.11 Å². The number of rotatable bonds is 4. The van der Waals surface area contributed by atoms with Crippen LogP contribution in [0.1, 0.15) is 37.3 Å². The third-order valence-electron chi connectivity index (χ3n) is 4.50. The van der Waals surface area contributed by atoms with E-state index in [-0.39, 0.29) is 30.0 Å². The molecule has 0 aromatic heterocycles. The number of para-hydroxylation sites is 1. The molecule has 132 valence electrons. The van der Waals surface area contributed by atoms with E-state index in [1.807, 2.05) is 30.3 Å². The van der Waals surface area contributed by atoms with Crippen molar-refractivity contribution in [1.29, 1.82) is 5.41 Å². The molecule has 2 aromatic carbocycles. The van der Waals surface area contributed by atoms with Crippen molar-refractivity contribution in [3.05, 3.63) is 65.7 Å². The zero-order valence-electron chi connectivity index (χ0n) is 14.5. The number of nitrogens with one attached hydrogen (secondary N) is 1. The smallest absolute Gasteiger partial charge is 0.124 e. The number of hydrogen-bond donors (Lipinski definition) is 2.